The number of nitrogens with zero attached hydrogens (tertiary/aromatic N) is 4. The van der Waals surface area contributed by atoms with Gasteiger partial charge in [0.15, 0.2) is 0 Å². The van der Waals surface area contributed by atoms with E-state index in [1.165, 1.54) is 0 Å². The molecule has 5 heteroatoms. The number of nitrogens with one attached hydrogen (secondary N) is 1. The molecule has 0 fully saturated rings. The summed E-state index contributed by atoms with van der Waals surface area (Å²) < 4.78 is 1.62. The van der Waals surface area contributed by atoms with Crippen molar-refractivity contribution in [1.82, 2.24) is 20.2 Å². The largest absolute Gasteiger partial charge is 0.383 e. The van der Waals surface area contributed by atoms with Crippen molar-refractivity contribution in [3.63, 3.8) is 0 Å². The summed E-state index contributed by atoms with van der Waals surface area (Å²) in [6.45, 7) is 4.21. The first-order valence-corrected chi connectivity index (χ1v) is 4.85. The summed E-state index contributed by atoms with van der Waals surface area (Å²) in [4.78, 5) is 0. The van der Waals surface area contributed by atoms with Crippen molar-refractivity contribution in [3.8, 4) is 5.69 Å². The Morgan fingerprint density at radius 3 is 2.47 bits per heavy atom. The number of rotatable bonds is 3. The third-order valence-corrected chi connectivity index (χ3v) is 1.94. The number of tetrazole rings is 1. The molecule has 15 heavy (non-hydrogen) atoms. The maximum Gasteiger partial charge on any atom is 0.143 e. The van der Waals surface area contributed by atoms with Crippen molar-refractivity contribution in [2.75, 3.05) is 5.32 Å². The van der Waals surface area contributed by atoms with E-state index >= 15 is 0 Å². The lowest BCUT2D eigenvalue weighted by molar-refractivity contribution is 0.789. The molecule has 5 nitrogen and oxygen atoms in total. The van der Waals surface area contributed by atoms with Gasteiger partial charge in [-0.05, 0) is 48.5 Å². The molecular weight excluding hydrogens is 190 g/mol. The van der Waals surface area contributed by atoms with Crippen LogP contribution in [0.5, 0.6) is 0 Å². The molecule has 0 radical (unpaired) electrons. The molecule has 0 bridgehead atoms. The summed E-state index contributed by atoms with van der Waals surface area (Å²) in [6, 6.07) is 8.40. The number of hydrogen-bond acceptors (Lipinski definition) is 4. The van der Waals surface area contributed by atoms with Crippen LogP contribution in [0.1, 0.15) is 13.8 Å². The summed E-state index contributed by atoms with van der Waals surface area (Å²) >= 11 is 0. The first-order valence-electron chi connectivity index (χ1n) is 4.85. The average Bonchev–Trinajstić information content (AvgIpc) is 2.71. The minimum absolute atomic E-state index is 0.434. The lowest BCUT2D eigenvalue weighted by Crippen LogP contribution is -2.09. The van der Waals surface area contributed by atoms with Gasteiger partial charge in [0, 0.05) is 11.7 Å². The highest BCUT2D eigenvalue weighted by Crippen LogP contribution is 2.12. The van der Waals surface area contributed by atoms with E-state index in [0.29, 0.717) is 6.04 Å². The second-order valence-electron chi connectivity index (χ2n) is 3.60. The van der Waals surface area contributed by atoms with E-state index in [2.05, 4.69) is 34.7 Å². The lowest BCUT2D eigenvalue weighted by Gasteiger charge is -2.09. The van der Waals surface area contributed by atoms with Gasteiger partial charge >= 0.3 is 0 Å². The Morgan fingerprint density at radius 1 is 1.20 bits per heavy atom. The summed E-state index contributed by atoms with van der Waals surface area (Å²) in [5.74, 6) is 0. The van der Waals surface area contributed by atoms with Gasteiger partial charge in [-0.1, -0.05) is 0 Å². The van der Waals surface area contributed by atoms with E-state index in [-0.39, 0.29) is 0 Å². The van der Waals surface area contributed by atoms with Crippen LogP contribution in [-0.2, 0) is 0 Å². The van der Waals surface area contributed by atoms with Gasteiger partial charge in [-0.15, -0.1) is 5.10 Å². The van der Waals surface area contributed by atoms with Crippen molar-refractivity contribution >= 4 is 5.69 Å². The third-order valence-electron chi connectivity index (χ3n) is 1.94. The van der Waals surface area contributed by atoms with Crippen LogP contribution in [0.4, 0.5) is 5.69 Å². The fourth-order valence-electron chi connectivity index (χ4n) is 1.32. The highest BCUT2D eigenvalue weighted by atomic mass is 15.5. The molecule has 1 aromatic carbocycles. The Kier molecular flexibility index (Phi) is 2.62. The molecule has 0 atom stereocenters. The highest BCUT2D eigenvalue weighted by molar-refractivity contribution is 5.48. The van der Waals surface area contributed by atoms with Crippen LogP contribution in [-0.4, -0.2) is 26.2 Å². The monoisotopic (exact) mass is 203 g/mol. The van der Waals surface area contributed by atoms with Crippen LogP contribution in [0.3, 0.4) is 0 Å². The molecule has 0 saturated carbocycles. The summed E-state index contributed by atoms with van der Waals surface area (Å²) in [7, 11) is 0. The van der Waals surface area contributed by atoms with Gasteiger partial charge in [0.25, 0.3) is 0 Å². The molecule has 0 spiro atoms. The normalized spacial score (nSPS) is 10.6. The molecule has 0 aliphatic heterocycles. The SMILES string of the molecule is CC(C)Nc1ccc(-n2cnnn2)cc1. The van der Waals surface area contributed by atoms with Crippen LogP contribution in [0.15, 0.2) is 30.6 Å². The van der Waals surface area contributed by atoms with E-state index in [9.17, 15) is 0 Å². The Balaban J connectivity index is 2.17. The molecular formula is C10H13N5. The van der Waals surface area contributed by atoms with Crippen LogP contribution < -0.4 is 5.32 Å². The van der Waals surface area contributed by atoms with Crippen molar-refractivity contribution in [1.29, 1.82) is 0 Å². The zero-order valence-electron chi connectivity index (χ0n) is 8.75. The fraction of sp³-hybridized carbons (Fsp3) is 0.300. The lowest BCUT2D eigenvalue weighted by atomic mass is 10.2. The van der Waals surface area contributed by atoms with Crippen LogP contribution in [0.2, 0.25) is 0 Å². The molecule has 0 aliphatic rings. The zero-order valence-corrected chi connectivity index (χ0v) is 8.75. The molecule has 2 aromatic rings. The maximum absolute atomic E-state index is 3.81. The number of hydrogen-bond donors (Lipinski definition) is 1. The van der Waals surface area contributed by atoms with Gasteiger partial charge in [-0.25, -0.2) is 4.68 Å². The van der Waals surface area contributed by atoms with Crippen LogP contribution in [0, 0.1) is 0 Å². The van der Waals surface area contributed by atoms with Crippen molar-refractivity contribution in [3.05, 3.63) is 30.6 Å². The standard InChI is InChI=1S/C10H13N5/c1-8(2)12-9-3-5-10(6-4-9)15-7-11-13-14-15/h3-8,12H,1-2H3. The minimum Gasteiger partial charge on any atom is -0.383 e. The number of anilines is 1. The summed E-state index contributed by atoms with van der Waals surface area (Å²) in [6.07, 6.45) is 1.57. The van der Waals surface area contributed by atoms with Crippen molar-refractivity contribution in [2.24, 2.45) is 0 Å². The van der Waals surface area contributed by atoms with Gasteiger partial charge in [0.2, 0.25) is 0 Å². The smallest absolute Gasteiger partial charge is 0.143 e. The van der Waals surface area contributed by atoms with Gasteiger partial charge in [0.05, 0.1) is 5.69 Å². The van der Waals surface area contributed by atoms with E-state index in [0.717, 1.165) is 11.4 Å². The van der Waals surface area contributed by atoms with Crippen molar-refractivity contribution in [2.45, 2.75) is 19.9 Å². The molecule has 2 rings (SSSR count). The third kappa shape index (κ3) is 2.31. The van der Waals surface area contributed by atoms with Gasteiger partial charge < -0.3 is 5.32 Å². The predicted octanol–water partition coefficient (Wildman–Crippen LogP) is 1.48. The molecule has 0 amide bonds. The molecule has 1 N–H and O–H groups in total. The predicted molar refractivity (Wildman–Crippen MR) is 57.9 cm³/mol. The van der Waals surface area contributed by atoms with E-state index < -0.39 is 0 Å². The second-order valence-corrected chi connectivity index (χ2v) is 3.60. The Morgan fingerprint density at radius 2 is 1.93 bits per heavy atom. The number of benzene rings is 1. The molecule has 0 aliphatic carbocycles. The van der Waals surface area contributed by atoms with E-state index in [1.54, 1.807) is 11.0 Å². The molecule has 78 valence electrons. The highest BCUT2D eigenvalue weighted by Gasteiger charge is 1.98. The van der Waals surface area contributed by atoms with Gasteiger partial charge in [-0.3, -0.25) is 0 Å². The molecule has 0 saturated heterocycles. The van der Waals surface area contributed by atoms with Gasteiger partial charge in [0.1, 0.15) is 6.33 Å². The van der Waals surface area contributed by atoms with Crippen LogP contribution >= 0.6 is 0 Å². The topological polar surface area (TPSA) is 55.6 Å². The van der Waals surface area contributed by atoms with E-state index in [1.807, 2.05) is 24.3 Å². The maximum atomic E-state index is 3.81. The molecule has 0 unspecified atom stereocenters. The Hall–Kier alpha value is -1.91. The fourth-order valence-corrected chi connectivity index (χ4v) is 1.32. The second kappa shape index (κ2) is 4.08. The molecule has 1 heterocycles. The molecule has 1 aromatic heterocycles. The minimum atomic E-state index is 0.434. The summed E-state index contributed by atoms with van der Waals surface area (Å²) in [5.41, 5.74) is 2.05. The Labute approximate surface area is 88.1 Å². The quantitative estimate of drug-likeness (QED) is 0.821. The van der Waals surface area contributed by atoms with E-state index in [4.69, 9.17) is 0 Å². The average molecular weight is 203 g/mol. The van der Waals surface area contributed by atoms with Crippen LogP contribution in [0.25, 0.3) is 5.69 Å². The first-order chi connectivity index (χ1) is 7.25. The zero-order chi connectivity index (χ0) is 10.7. The van der Waals surface area contributed by atoms with Crippen molar-refractivity contribution < 1.29 is 0 Å². The van der Waals surface area contributed by atoms with Gasteiger partial charge in [-0.2, -0.15) is 0 Å². The number of aromatic nitrogens is 4. The Bertz CT molecular complexity index is 404. The summed E-state index contributed by atoms with van der Waals surface area (Å²) in [5, 5.41) is 14.3. The first kappa shape index (κ1) is 9.64.